The lowest BCUT2D eigenvalue weighted by Crippen LogP contribution is -2.30. The van der Waals surface area contributed by atoms with Gasteiger partial charge in [-0.2, -0.15) is 0 Å². The lowest BCUT2D eigenvalue weighted by molar-refractivity contribution is 0.0696. The van der Waals surface area contributed by atoms with E-state index in [9.17, 15) is 4.79 Å². The molecule has 2 aromatic rings. The SMILES string of the molecule is O=C(O)c1ccc2c(c1)CN(c1nc(Br)cs1)CC2. The fourth-order valence-corrected chi connectivity index (χ4v) is 3.52. The minimum absolute atomic E-state index is 0.348. The largest absolute Gasteiger partial charge is 0.478 e. The second-order valence-electron chi connectivity index (χ2n) is 4.41. The highest BCUT2D eigenvalue weighted by atomic mass is 79.9. The number of carboxylic acid groups (broad SMARTS) is 1. The van der Waals surface area contributed by atoms with E-state index < -0.39 is 5.97 Å². The molecule has 98 valence electrons. The van der Waals surface area contributed by atoms with Crippen molar-refractivity contribution in [3.63, 3.8) is 0 Å². The predicted molar refractivity (Wildman–Crippen MR) is 78.0 cm³/mol. The molecule has 1 aliphatic rings. The Morgan fingerprint density at radius 2 is 2.26 bits per heavy atom. The minimum Gasteiger partial charge on any atom is -0.478 e. The van der Waals surface area contributed by atoms with Gasteiger partial charge < -0.3 is 10.0 Å². The van der Waals surface area contributed by atoms with Crippen molar-refractivity contribution in [2.45, 2.75) is 13.0 Å². The van der Waals surface area contributed by atoms with Crippen molar-refractivity contribution in [1.82, 2.24) is 4.98 Å². The standard InChI is InChI=1S/C13H11BrN2O2S/c14-11-7-19-13(15-11)16-4-3-8-1-2-9(12(17)18)5-10(8)6-16/h1-2,5,7H,3-4,6H2,(H,17,18). The monoisotopic (exact) mass is 338 g/mol. The number of nitrogens with zero attached hydrogens (tertiary/aromatic N) is 2. The number of anilines is 1. The van der Waals surface area contributed by atoms with Crippen LogP contribution in [0.2, 0.25) is 0 Å². The molecule has 1 N–H and O–H groups in total. The average molecular weight is 339 g/mol. The molecule has 0 amide bonds. The average Bonchev–Trinajstić information content (AvgIpc) is 2.84. The van der Waals surface area contributed by atoms with Gasteiger partial charge >= 0.3 is 5.97 Å². The maximum Gasteiger partial charge on any atom is 0.335 e. The smallest absolute Gasteiger partial charge is 0.335 e. The van der Waals surface area contributed by atoms with Crippen molar-refractivity contribution in [3.8, 4) is 0 Å². The zero-order valence-electron chi connectivity index (χ0n) is 9.97. The summed E-state index contributed by atoms with van der Waals surface area (Å²) < 4.78 is 0.845. The maximum atomic E-state index is 11.0. The first kappa shape index (κ1) is 12.6. The van der Waals surface area contributed by atoms with Gasteiger partial charge in [-0.3, -0.25) is 0 Å². The van der Waals surface area contributed by atoms with E-state index in [1.54, 1.807) is 23.5 Å². The summed E-state index contributed by atoms with van der Waals surface area (Å²) in [5.41, 5.74) is 2.66. The van der Waals surface area contributed by atoms with Gasteiger partial charge in [0, 0.05) is 18.5 Å². The van der Waals surface area contributed by atoms with Crippen LogP contribution >= 0.6 is 27.3 Å². The Bertz CT molecular complexity index is 641. The van der Waals surface area contributed by atoms with E-state index in [4.69, 9.17) is 5.11 Å². The Kier molecular flexibility index (Phi) is 3.28. The Hall–Kier alpha value is -1.40. The van der Waals surface area contributed by atoms with E-state index >= 15 is 0 Å². The fraction of sp³-hybridized carbons (Fsp3) is 0.231. The number of fused-ring (bicyclic) bond motifs is 1. The van der Waals surface area contributed by atoms with E-state index in [0.29, 0.717) is 5.56 Å². The van der Waals surface area contributed by atoms with Gasteiger partial charge in [0.15, 0.2) is 5.13 Å². The number of benzene rings is 1. The molecule has 0 bridgehead atoms. The third kappa shape index (κ3) is 2.50. The highest BCUT2D eigenvalue weighted by molar-refractivity contribution is 9.10. The van der Waals surface area contributed by atoms with Gasteiger partial charge in [-0.05, 0) is 45.6 Å². The van der Waals surface area contributed by atoms with Crippen LogP contribution < -0.4 is 4.90 Å². The molecule has 1 aromatic carbocycles. The van der Waals surface area contributed by atoms with E-state index in [1.807, 2.05) is 11.4 Å². The first-order chi connectivity index (χ1) is 9.13. The van der Waals surface area contributed by atoms with Crippen LogP contribution in [0.25, 0.3) is 0 Å². The van der Waals surface area contributed by atoms with Crippen LogP contribution in [0.1, 0.15) is 21.5 Å². The van der Waals surface area contributed by atoms with Gasteiger partial charge in [0.2, 0.25) is 0 Å². The van der Waals surface area contributed by atoms with Crippen molar-refractivity contribution in [1.29, 1.82) is 0 Å². The molecule has 2 heterocycles. The number of rotatable bonds is 2. The first-order valence-electron chi connectivity index (χ1n) is 5.84. The van der Waals surface area contributed by atoms with Gasteiger partial charge in [0.25, 0.3) is 0 Å². The summed E-state index contributed by atoms with van der Waals surface area (Å²) in [6, 6.07) is 5.37. The second kappa shape index (κ2) is 4.94. The summed E-state index contributed by atoms with van der Waals surface area (Å²) in [5.74, 6) is -0.878. The minimum atomic E-state index is -0.878. The quantitative estimate of drug-likeness (QED) is 0.913. The van der Waals surface area contributed by atoms with Crippen LogP contribution in [0.4, 0.5) is 5.13 Å². The Balaban J connectivity index is 1.90. The Morgan fingerprint density at radius 3 is 2.95 bits per heavy atom. The summed E-state index contributed by atoms with van der Waals surface area (Å²) >= 11 is 4.95. The van der Waals surface area contributed by atoms with Crippen molar-refractivity contribution >= 4 is 38.4 Å². The molecule has 0 saturated carbocycles. The van der Waals surface area contributed by atoms with Crippen molar-refractivity contribution in [2.24, 2.45) is 0 Å². The lowest BCUT2D eigenvalue weighted by Gasteiger charge is -2.28. The van der Waals surface area contributed by atoms with Crippen molar-refractivity contribution in [3.05, 3.63) is 44.9 Å². The molecule has 0 spiro atoms. The molecule has 3 rings (SSSR count). The molecule has 4 nitrogen and oxygen atoms in total. The van der Waals surface area contributed by atoms with E-state index in [0.717, 1.165) is 34.8 Å². The van der Waals surface area contributed by atoms with Crippen LogP contribution in [-0.4, -0.2) is 22.6 Å². The molecule has 0 aliphatic carbocycles. The third-order valence-electron chi connectivity index (χ3n) is 3.20. The molecule has 0 atom stereocenters. The Morgan fingerprint density at radius 1 is 1.42 bits per heavy atom. The number of carboxylic acids is 1. The molecule has 0 unspecified atom stereocenters. The zero-order chi connectivity index (χ0) is 13.4. The number of thiazole rings is 1. The fourth-order valence-electron chi connectivity index (χ4n) is 2.24. The molecule has 0 fully saturated rings. The predicted octanol–water partition coefficient (Wildman–Crippen LogP) is 3.17. The molecule has 6 heteroatoms. The van der Waals surface area contributed by atoms with Gasteiger partial charge in [-0.1, -0.05) is 6.07 Å². The summed E-state index contributed by atoms with van der Waals surface area (Å²) in [7, 11) is 0. The molecule has 1 aliphatic heterocycles. The van der Waals surface area contributed by atoms with Crippen LogP contribution in [0.3, 0.4) is 0 Å². The first-order valence-corrected chi connectivity index (χ1v) is 7.52. The molecule has 0 saturated heterocycles. The van der Waals surface area contributed by atoms with Crippen LogP contribution in [0.15, 0.2) is 28.2 Å². The number of aromatic carboxylic acids is 1. The number of hydrogen-bond donors (Lipinski definition) is 1. The number of carbonyl (C=O) groups is 1. The summed E-state index contributed by atoms with van der Waals surface area (Å²) in [6.45, 7) is 1.63. The molecule has 1 aromatic heterocycles. The summed E-state index contributed by atoms with van der Waals surface area (Å²) in [5, 5.41) is 12.0. The van der Waals surface area contributed by atoms with Crippen LogP contribution in [0.5, 0.6) is 0 Å². The van der Waals surface area contributed by atoms with Crippen LogP contribution in [0, 0.1) is 0 Å². The van der Waals surface area contributed by atoms with Gasteiger partial charge in [-0.25, -0.2) is 9.78 Å². The normalized spacial score (nSPS) is 14.3. The molecule has 0 radical (unpaired) electrons. The second-order valence-corrected chi connectivity index (χ2v) is 6.06. The van der Waals surface area contributed by atoms with Crippen LogP contribution in [-0.2, 0) is 13.0 Å². The third-order valence-corrected chi connectivity index (χ3v) is 4.81. The number of aromatic nitrogens is 1. The van der Waals surface area contributed by atoms with E-state index in [2.05, 4.69) is 25.8 Å². The molecular formula is C13H11BrN2O2S. The highest BCUT2D eigenvalue weighted by Crippen LogP contribution is 2.29. The topological polar surface area (TPSA) is 53.4 Å². The summed E-state index contributed by atoms with van der Waals surface area (Å²) in [4.78, 5) is 17.6. The zero-order valence-corrected chi connectivity index (χ0v) is 12.4. The van der Waals surface area contributed by atoms with Crippen molar-refractivity contribution < 1.29 is 9.90 Å². The van der Waals surface area contributed by atoms with Gasteiger partial charge in [0.05, 0.1) is 5.56 Å². The lowest BCUT2D eigenvalue weighted by atomic mass is 9.98. The number of hydrogen-bond acceptors (Lipinski definition) is 4. The summed E-state index contributed by atoms with van der Waals surface area (Å²) in [6.07, 6.45) is 0.923. The Labute approximate surface area is 122 Å². The molecule has 19 heavy (non-hydrogen) atoms. The van der Waals surface area contributed by atoms with Gasteiger partial charge in [-0.15, -0.1) is 11.3 Å². The van der Waals surface area contributed by atoms with Gasteiger partial charge in [0.1, 0.15) is 4.60 Å². The van der Waals surface area contributed by atoms with E-state index in [1.165, 1.54) is 5.56 Å². The van der Waals surface area contributed by atoms with Crippen molar-refractivity contribution in [2.75, 3.05) is 11.4 Å². The molecular weight excluding hydrogens is 328 g/mol. The van der Waals surface area contributed by atoms with E-state index in [-0.39, 0.29) is 0 Å². The maximum absolute atomic E-state index is 11.0. The number of halogens is 1. The highest BCUT2D eigenvalue weighted by Gasteiger charge is 2.19.